The van der Waals surface area contributed by atoms with Gasteiger partial charge in [-0.1, -0.05) is 12.1 Å². The molecule has 0 radical (unpaired) electrons. The fourth-order valence-corrected chi connectivity index (χ4v) is 1.51. The highest BCUT2D eigenvalue weighted by Gasteiger charge is 2.09. The van der Waals surface area contributed by atoms with Gasteiger partial charge in [-0.25, -0.2) is 4.39 Å². The van der Waals surface area contributed by atoms with Crippen LogP contribution < -0.4 is 5.73 Å². The number of halogens is 1. The van der Waals surface area contributed by atoms with Gasteiger partial charge in [0, 0.05) is 5.56 Å². The number of rotatable bonds is 2. The molecule has 2 aromatic rings. The molecule has 0 saturated heterocycles. The van der Waals surface area contributed by atoms with Crippen molar-refractivity contribution >= 4 is 0 Å². The summed E-state index contributed by atoms with van der Waals surface area (Å²) in [5.41, 5.74) is 6.81. The second-order valence-corrected chi connectivity index (χ2v) is 3.38. The van der Waals surface area contributed by atoms with Gasteiger partial charge in [0.25, 0.3) is 0 Å². The first-order valence-corrected chi connectivity index (χ1v) is 4.76. The van der Waals surface area contributed by atoms with Gasteiger partial charge in [0.05, 0.1) is 6.54 Å². The van der Waals surface area contributed by atoms with Crippen LogP contribution in [-0.4, -0.2) is 0 Å². The number of hydrogen-bond donors (Lipinski definition) is 1. The SMILES string of the molecule is Cc1c(F)cccc1-c1ccc(CN)o1. The smallest absolute Gasteiger partial charge is 0.134 e. The van der Waals surface area contributed by atoms with Crippen LogP contribution in [0.3, 0.4) is 0 Å². The predicted octanol–water partition coefficient (Wildman–Crippen LogP) is 2.85. The summed E-state index contributed by atoms with van der Waals surface area (Å²) in [6.07, 6.45) is 0. The summed E-state index contributed by atoms with van der Waals surface area (Å²) in [5, 5.41) is 0. The largest absolute Gasteiger partial charge is 0.460 e. The molecule has 2 N–H and O–H groups in total. The lowest BCUT2D eigenvalue weighted by Crippen LogP contribution is -1.92. The average molecular weight is 205 g/mol. The molecule has 0 aliphatic heterocycles. The van der Waals surface area contributed by atoms with Crippen LogP contribution >= 0.6 is 0 Å². The van der Waals surface area contributed by atoms with E-state index >= 15 is 0 Å². The summed E-state index contributed by atoms with van der Waals surface area (Å²) < 4.78 is 18.8. The van der Waals surface area contributed by atoms with Crippen molar-refractivity contribution < 1.29 is 8.81 Å². The lowest BCUT2D eigenvalue weighted by atomic mass is 10.1. The van der Waals surface area contributed by atoms with Gasteiger partial charge in [-0.05, 0) is 30.7 Å². The molecule has 0 amide bonds. The van der Waals surface area contributed by atoms with Crippen LogP contribution in [-0.2, 0) is 6.54 Å². The van der Waals surface area contributed by atoms with Gasteiger partial charge in [0.1, 0.15) is 17.3 Å². The third-order valence-electron chi connectivity index (χ3n) is 2.40. The molecule has 0 aliphatic rings. The first-order chi connectivity index (χ1) is 7.22. The van der Waals surface area contributed by atoms with Crippen molar-refractivity contribution in [3.05, 3.63) is 47.5 Å². The Hall–Kier alpha value is -1.61. The highest BCUT2D eigenvalue weighted by Crippen LogP contribution is 2.26. The zero-order chi connectivity index (χ0) is 10.8. The molecule has 2 nitrogen and oxygen atoms in total. The molecule has 1 heterocycles. The van der Waals surface area contributed by atoms with E-state index in [0.29, 0.717) is 23.6 Å². The summed E-state index contributed by atoms with van der Waals surface area (Å²) in [4.78, 5) is 0. The summed E-state index contributed by atoms with van der Waals surface area (Å²) >= 11 is 0. The van der Waals surface area contributed by atoms with Crippen molar-refractivity contribution in [1.82, 2.24) is 0 Å². The Bertz CT molecular complexity index is 476. The maximum absolute atomic E-state index is 13.3. The Morgan fingerprint density at radius 2 is 2.07 bits per heavy atom. The first-order valence-electron chi connectivity index (χ1n) is 4.76. The summed E-state index contributed by atoms with van der Waals surface area (Å²) in [6, 6.07) is 8.55. The van der Waals surface area contributed by atoms with Crippen molar-refractivity contribution in [2.75, 3.05) is 0 Å². The number of hydrogen-bond acceptors (Lipinski definition) is 2. The maximum atomic E-state index is 13.3. The molecule has 0 bridgehead atoms. The summed E-state index contributed by atoms with van der Waals surface area (Å²) in [5.74, 6) is 1.14. The van der Waals surface area contributed by atoms with Crippen molar-refractivity contribution in [3.8, 4) is 11.3 Å². The maximum Gasteiger partial charge on any atom is 0.134 e. The summed E-state index contributed by atoms with van der Waals surface area (Å²) in [7, 11) is 0. The molecule has 0 spiro atoms. The monoisotopic (exact) mass is 205 g/mol. The van der Waals surface area contributed by atoms with Gasteiger partial charge >= 0.3 is 0 Å². The van der Waals surface area contributed by atoms with Crippen molar-refractivity contribution in [3.63, 3.8) is 0 Å². The normalized spacial score (nSPS) is 10.6. The molecular formula is C12H12FNO. The van der Waals surface area contributed by atoms with Crippen LogP contribution in [0.25, 0.3) is 11.3 Å². The molecule has 78 valence electrons. The zero-order valence-electron chi connectivity index (χ0n) is 8.46. The molecule has 1 aromatic carbocycles. The van der Waals surface area contributed by atoms with Crippen molar-refractivity contribution in [2.24, 2.45) is 5.73 Å². The van der Waals surface area contributed by atoms with Crippen LogP contribution in [0.4, 0.5) is 4.39 Å². The van der Waals surface area contributed by atoms with Gasteiger partial charge in [-0.3, -0.25) is 0 Å². The van der Waals surface area contributed by atoms with E-state index in [9.17, 15) is 4.39 Å². The van der Waals surface area contributed by atoms with Gasteiger partial charge in [0.2, 0.25) is 0 Å². The van der Waals surface area contributed by atoms with Gasteiger partial charge in [-0.15, -0.1) is 0 Å². The van der Waals surface area contributed by atoms with E-state index < -0.39 is 0 Å². The highest BCUT2D eigenvalue weighted by atomic mass is 19.1. The molecular weight excluding hydrogens is 193 g/mol. The van der Waals surface area contributed by atoms with Crippen LogP contribution in [0.2, 0.25) is 0 Å². The Morgan fingerprint density at radius 3 is 2.73 bits per heavy atom. The molecule has 0 fully saturated rings. The quantitative estimate of drug-likeness (QED) is 0.818. The molecule has 3 heteroatoms. The number of furan rings is 1. The molecule has 0 saturated carbocycles. The molecule has 15 heavy (non-hydrogen) atoms. The minimum atomic E-state index is -0.224. The van der Waals surface area contributed by atoms with E-state index in [2.05, 4.69) is 0 Å². The fourth-order valence-electron chi connectivity index (χ4n) is 1.51. The average Bonchev–Trinajstić information content (AvgIpc) is 2.70. The Labute approximate surface area is 87.5 Å². The number of benzene rings is 1. The third kappa shape index (κ3) is 1.78. The zero-order valence-corrected chi connectivity index (χ0v) is 8.46. The minimum Gasteiger partial charge on any atom is -0.460 e. The molecule has 0 atom stereocenters. The fraction of sp³-hybridized carbons (Fsp3) is 0.167. The van der Waals surface area contributed by atoms with Gasteiger partial charge in [-0.2, -0.15) is 0 Å². The Kier molecular flexibility index (Phi) is 2.56. The first kappa shape index (κ1) is 9.93. The van der Waals surface area contributed by atoms with Crippen molar-refractivity contribution in [1.29, 1.82) is 0 Å². The van der Waals surface area contributed by atoms with E-state index in [1.54, 1.807) is 19.1 Å². The lowest BCUT2D eigenvalue weighted by Gasteiger charge is -2.02. The third-order valence-corrected chi connectivity index (χ3v) is 2.40. The Balaban J connectivity index is 2.49. The van der Waals surface area contributed by atoms with Crippen LogP contribution in [0, 0.1) is 12.7 Å². The van der Waals surface area contributed by atoms with Crippen molar-refractivity contribution in [2.45, 2.75) is 13.5 Å². The van der Waals surface area contributed by atoms with Crippen LogP contribution in [0.1, 0.15) is 11.3 Å². The second kappa shape index (κ2) is 3.87. The number of nitrogens with two attached hydrogens (primary N) is 1. The standard InChI is InChI=1S/C12H12FNO/c1-8-10(3-2-4-11(8)13)12-6-5-9(7-14)15-12/h2-6H,7,14H2,1H3. The highest BCUT2D eigenvalue weighted by molar-refractivity contribution is 5.62. The summed E-state index contributed by atoms with van der Waals surface area (Å²) in [6.45, 7) is 2.09. The van der Waals surface area contributed by atoms with Gasteiger partial charge < -0.3 is 10.2 Å². The second-order valence-electron chi connectivity index (χ2n) is 3.38. The topological polar surface area (TPSA) is 39.2 Å². The van der Waals surface area contributed by atoms with E-state index in [4.69, 9.17) is 10.2 Å². The van der Waals surface area contributed by atoms with Gasteiger partial charge in [0.15, 0.2) is 0 Å². The minimum absolute atomic E-state index is 0.224. The molecule has 0 aliphatic carbocycles. The molecule has 2 rings (SSSR count). The molecule has 0 unspecified atom stereocenters. The van der Waals surface area contributed by atoms with Crippen LogP contribution in [0.15, 0.2) is 34.7 Å². The van der Waals surface area contributed by atoms with E-state index in [1.807, 2.05) is 12.1 Å². The van der Waals surface area contributed by atoms with Crippen LogP contribution in [0.5, 0.6) is 0 Å². The predicted molar refractivity (Wildman–Crippen MR) is 56.7 cm³/mol. The van der Waals surface area contributed by atoms with E-state index in [0.717, 1.165) is 5.56 Å². The van der Waals surface area contributed by atoms with E-state index in [1.165, 1.54) is 6.07 Å². The molecule has 1 aromatic heterocycles. The van der Waals surface area contributed by atoms with E-state index in [-0.39, 0.29) is 5.82 Å². The Morgan fingerprint density at radius 1 is 1.27 bits per heavy atom. The lowest BCUT2D eigenvalue weighted by molar-refractivity contribution is 0.524.